The van der Waals surface area contributed by atoms with Crippen LogP contribution in [0.5, 0.6) is 0 Å². The van der Waals surface area contributed by atoms with Gasteiger partial charge in [-0.25, -0.2) is 9.97 Å². The van der Waals surface area contributed by atoms with Gasteiger partial charge in [0.1, 0.15) is 22.3 Å². The molecule has 0 aliphatic carbocycles. The SMILES string of the molecule is CCc1c(-c2ccccc2)nc(-c2ccccc2)nc1-c1cccc2oc3ccc(-c4cccc5oc6ccc(-c7ccc8c(c7)c7ccccc7n8-c7ccccc7)cc6c45)cc3c12. The maximum atomic E-state index is 6.64. The number of nitrogens with zero attached hydrogens (tertiary/aromatic N) is 3. The Morgan fingerprint density at radius 2 is 0.923 bits per heavy atom. The molecule has 0 aliphatic heterocycles. The molecule has 0 bridgehead atoms. The second kappa shape index (κ2) is 14.8. The molecule has 13 rings (SSSR count). The zero-order chi connectivity index (χ0) is 43.0. The van der Waals surface area contributed by atoms with Gasteiger partial charge in [-0.2, -0.15) is 0 Å². The Hall–Kier alpha value is -8.54. The first-order valence-electron chi connectivity index (χ1n) is 22.2. The summed E-state index contributed by atoms with van der Waals surface area (Å²) in [5.74, 6) is 0.693. The molecule has 4 aromatic heterocycles. The third-order valence-electron chi connectivity index (χ3n) is 13.0. The van der Waals surface area contributed by atoms with Gasteiger partial charge < -0.3 is 13.4 Å². The molecule has 0 N–H and O–H groups in total. The van der Waals surface area contributed by atoms with Gasteiger partial charge >= 0.3 is 0 Å². The standard InChI is InChI=1S/C60H39N3O2/c1-2-43-58(37-16-6-3-7-17-37)61-60(38-18-8-4-9-19-38)62-59(43)46-24-15-27-55-57(46)49-36-41(30-33-53(49)65-55)44-23-14-26-54-56(44)48-35-40(29-32-52(48)64-54)39-28-31-51-47(34-39)45-22-12-13-25-50(45)63(51)42-20-10-5-11-21-42/h3-36H,2H2,1H3. The van der Waals surface area contributed by atoms with E-state index in [1.807, 2.05) is 24.3 Å². The summed E-state index contributed by atoms with van der Waals surface area (Å²) in [6, 6.07) is 72.6. The number of furan rings is 2. The minimum Gasteiger partial charge on any atom is -0.456 e. The molecule has 0 radical (unpaired) electrons. The lowest BCUT2D eigenvalue weighted by molar-refractivity contribution is 0.669. The molecule has 5 nitrogen and oxygen atoms in total. The van der Waals surface area contributed by atoms with Crippen LogP contribution in [0.25, 0.3) is 128 Å². The van der Waals surface area contributed by atoms with Crippen LogP contribution in [0, 0.1) is 0 Å². The molecule has 0 fully saturated rings. The maximum absolute atomic E-state index is 6.64. The first-order valence-corrected chi connectivity index (χ1v) is 22.2. The number of aromatic nitrogens is 3. The van der Waals surface area contributed by atoms with Crippen LogP contribution in [0.4, 0.5) is 0 Å². The smallest absolute Gasteiger partial charge is 0.160 e. The topological polar surface area (TPSA) is 57.0 Å². The lowest BCUT2D eigenvalue weighted by Crippen LogP contribution is -2.03. The minimum atomic E-state index is 0.693. The molecule has 0 atom stereocenters. The molecule has 306 valence electrons. The second-order valence-corrected chi connectivity index (χ2v) is 16.7. The van der Waals surface area contributed by atoms with E-state index in [1.165, 1.54) is 21.8 Å². The highest BCUT2D eigenvalue weighted by Gasteiger charge is 2.23. The summed E-state index contributed by atoms with van der Waals surface area (Å²) >= 11 is 0. The van der Waals surface area contributed by atoms with Crippen LogP contribution < -0.4 is 0 Å². The van der Waals surface area contributed by atoms with Crippen molar-refractivity contribution in [2.24, 2.45) is 0 Å². The molecule has 13 aromatic rings. The van der Waals surface area contributed by atoms with Crippen LogP contribution in [-0.2, 0) is 6.42 Å². The van der Waals surface area contributed by atoms with Crippen molar-refractivity contribution < 1.29 is 8.83 Å². The van der Waals surface area contributed by atoms with Gasteiger partial charge in [-0.15, -0.1) is 0 Å². The summed E-state index contributed by atoms with van der Waals surface area (Å²) in [5, 5.41) is 6.68. The van der Waals surface area contributed by atoms with Crippen LogP contribution in [-0.4, -0.2) is 14.5 Å². The number of hydrogen-bond acceptors (Lipinski definition) is 4. The van der Waals surface area contributed by atoms with Crippen LogP contribution >= 0.6 is 0 Å². The molecule has 0 saturated heterocycles. The van der Waals surface area contributed by atoms with Gasteiger partial charge in [-0.3, -0.25) is 0 Å². The van der Waals surface area contributed by atoms with E-state index in [1.54, 1.807) is 0 Å². The molecule has 0 unspecified atom stereocenters. The fraction of sp³-hybridized carbons (Fsp3) is 0.0333. The third-order valence-corrected chi connectivity index (χ3v) is 13.0. The van der Waals surface area contributed by atoms with Crippen molar-refractivity contribution in [1.82, 2.24) is 14.5 Å². The van der Waals surface area contributed by atoms with Crippen LogP contribution in [0.15, 0.2) is 215 Å². The van der Waals surface area contributed by atoms with Crippen molar-refractivity contribution in [1.29, 1.82) is 0 Å². The number of para-hydroxylation sites is 2. The number of hydrogen-bond donors (Lipinski definition) is 0. The monoisotopic (exact) mass is 833 g/mol. The summed E-state index contributed by atoms with van der Waals surface area (Å²) in [5.41, 5.74) is 17.4. The number of rotatable bonds is 7. The zero-order valence-electron chi connectivity index (χ0n) is 35.5. The van der Waals surface area contributed by atoms with Crippen molar-refractivity contribution in [2.45, 2.75) is 13.3 Å². The molecular weight excluding hydrogens is 795 g/mol. The number of fused-ring (bicyclic) bond motifs is 9. The first kappa shape index (κ1) is 37.1. The summed E-state index contributed by atoms with van der Waals surface area (Å²) in [4.78, 5) is 10.6. The Morgan fingerprint density at radius 1 is 0.385 bits per heavy atom. The number of benzene rings is 9. The molecule has 5 heteroatoms. The Kier molecular flexibility index (Phi) is 8.43. The molecular formula is C60H39N3O2. The molecule has 65 heavy (non-hydrogen) atoms. The zero-order valence-corrected chi connectivity index (χ0v) is 35.5. The van der Waals surface area contributed by atoms with E-state index in [9.17, 15) is 0 Å². The molecule has 4 heterocycles. The normalized spacial score (nSPS) is 11.8. The van der Waals surface area contributed by atoms with Crippen molar-refractivity contribution >= 4 is 65.7 Å². The quantitative estimate of drug-likeness (QED) is 0.160. The highest BCUT2D eigenvalue weighted by atomic mass is 16.3. The Balaban J connectivity index is 0.979. The van der Waals surface area contributed by atoms with Gasteiger partial charge in [0.2, 0.25) is 0 Å². The minimum absolute atomic E-state index is 0.693. The van der Waals surface area contributed by atoms with E-state index < -0.39 is 0 Å². The maximum Gasteiger partial charge on any atom is 0.160 e. The van der Waals surface area contributed by atoms with E-state index in [0.717, 1.165) is 112 Å². The highest BCUT2D eigenvalue weighted by Crippen LogP contribution is 2.44. The molecule has 0 spiro atoms. The van der Waals surface area contributed by atoms with Crippen LogP contribution in [0.3, 0.4) is 0 Å². The van der Waals surface area contributed by atoms with Gasteiger partial charge in [0.05, 0.1) is 22.4 Å². The van der Waals surface area contributed by atoms with E-state index >= 15 is 0 Å². The van der Waals surface area contributed by atoms with Crippen molar-refractivity contribution in [3.63, 3.8) is 0 Å². The largest absolute Gasteiger partial charge is 0.456 e. The van der Waals surface area contributed by atoms with Crippen LogP contribution in [0.1, 0.15) is 12.5 Å². The van der Waals surface area contributed by atoms with Gasteiger partial charge in [0.25, 0.3) is 0 Å². The summed E-state index contributed by atoms with van der Waals surface area (Å²) in [7, 11) is 0. The molecule has 0 saturated carbocycles. The van der Waals surface area contributed by atoms with E-state index in [2.05, 4.69) is 193 Å². The van der Waals surface area contributed by atoms with E-state index in [4.69, 9.17) is 18.8 Å². The van der Waals surface area contributed by atoms with Gasteiger partial charge in [0.15, 0.2) is 5.82 Å². The average Bonchev–Trinajstić information content (AvgIpc) is 4.05. The molecule has 9 aromatic carbocycles. The highest BCUT2D eigenvalue weighted by molar-refractivity contribution is 6.17. The first-order chi connectivity index (χ1) is 32.2. The second-order valence-electron chi connectivity index (χ2n) is 16.7. The molecule has 0 aliphatic rings. The summed E-state index contributed by atoms with van der Waals surface area (Å²) in [6.45, 7) is 2.19. The lowest BCUT2D eigenvalue weighted by Gasteiger charge is -2.16. The summed E-state index contributed by atoms with van der Waals surface area (Å²) in [6.07, 6.45) is 0.758. The average molecular weight is 834 g/mol. The third kappa shape index (κ3) is 5.93. The lowest BCUT2D eigenvalue weighted by atomic mass is 9.93. The van der Waals surface area contributed by atoms with Crippen molar-refractivity contribution in [3.8, 4) is 61.8 Å². The van der Waals surface area contributed by atoms with Crippen molar-refractivity contribution in [3.05, 3.63) is 212 Å². The Labute approximate surface area is 374 Å². The van der Waals surface area contributed by atoms with Crippen LogP contribution in [0.2, 0.25) is 0 Å². The van der Waals surface area contributed by atoms with Gasteiger partial charge in [-0.1, -0.05) is 146 Å². The molecule has 0 amide bonds. The fourth-order valence-corrected chi connectivity index (χ4v) is 10.0. The van der Waals surface area contributed by atoms with E-state index in [-0.39, 0.29) is 0 Å². The summed E-state index contributed by atoms with van der Waals surface area (Å²) < 4.78 is 15.6. The predicted octanol–water partition coefficient (Wildman–Crippen LogP) is 16.3. The van der Waals surface area contributed by atoms with Gasteiger partial charge in [-0.05, 0) is 95.4 Å². The predicted molar refractivity (Wildman–Crippen MR) is 267 cm³/mol. The van der Waals surface area contributed by atoms with Gasteiger partial charge in [0, 0.05) is 60.3 Å². The Bertz CT molecular complexity index is 3970. The fourth-order valence-electron chi connectivity index (χ4n) is 10.0. The van der Waals surface area contributed by atoms with Crippen molar-refractivity contribution in [2.75, 3.05) is 0 Å². The Morgan fingerprint density at radius 3 is 1.63 bits per heavy atom. The van der Waals surface area contributed by atoms with E-state index in [0.29, 0.717) is 5.82 Å².